The van der Waals surface area contributed by atoms with Crippen molar-refractivity contribution in [2.24, 2.45) is 0 Å². The fourth-order valence-electron chi connectivity index (χ4n) is 8.53. The van der Waals surface area contributed by atoms with E-state index in [0.717, 1.165) is 59.3 Å². The number of imidazole rings is 2. The predicted molar refractivity (Wildman–Crippen MR) is 238 cm³/mol. The summed E-state index contributed by atoms with van der Waals surface area (Å²) in [5, 5.41) is 16.0. The van der Waals surface area contributed by atoms with Gasteiger partial charge < -0.3 is 40.2 Å². The lowest BCUT2D eigenvalue weighted by Crippen LogP contribution is -2.46. The molecule has 3 fully saturated rings. The van der Waals surface area contributed by atoms with Crippen LogP contribution in [0, 0.1) is 11.8 Å². The van der Waals surface area contributed by atoms with Gasteiger partial charge in [-0.25, -0.2) is 14.8 Å². The van der Waals surface area contributed by atoms with Gasteiger partial charge in [-0.05, 0) is 85.0 Å². The summed E-state index contributed by atoms with van der Waals surface area (Å²) in [7, 11) is 1.28. The second kappa shape index (κ2) is 18.1. The highest BCUT2D eigenvalue weighted by molar-refractivity contribution is 5.94. The molecule has 14 heteroatoms. The molecule has 4 aromatic carbocycles. The molecule has 0 spiro atoms. The number of benzene rings is 4. The van der Waals surface area contributed by atoms with E-state index in [1.165, 1.54) is 7.11 Å². The number of aromatic nitrogens is 4. The number of likely N-dealkylation sites (tertiary alicyclic amines) is 2. The van der Waals surface area contributed by atoms with E-state index >= 15 is 0 Å². The number of methoxy groups -OCH3 is 1. The number of amides is 4. The van der Waals surface area contributed by atoms with E-state index in [2.05, 4.69) is 37.4 Å². The maximum atomic E-state index is 14.1. The number of alkyl carbamates (subject to hydrolysis) is 1. The summed E-state index contributed by atoms with van der Waals surface area (Å²) in [6.45, 7) is 1.07. The van der Waals surface area contributed by atoms with Gasteiger partial charge in [-0.2, -0.15) is 0 Å². The standard InChI is InChI=1S/C50H48N8O6/c1-64-49(62)56-43(37-12-6-3-7-13-37)47(60)58-29-9-15-41(58)45-52-31-39(54-45)35-24-20-33(21-25-35)17-16-32-18-22-34(23-19-32)38-30-51-44(53-38)40-14-8-28-57(40)46(59)42(36-10-4-2-5-11-36)55-48(61)50(63)26-27-50/h2-7,10-13,18-25,30-31,40-43,63H,8-9,14-15,26-29H2,1H3,(H,51,53)(H,52,54)(H,55,61)(H,56,62)/t40-,41-,42+,43+/m0/s1. The first-order valence-corrected chi connectivity index (χ1v) is 21.6. The van der Waals surface area contributed by atoms with Crippen LogP contribution in [0.4, 0.5) is 4.79 Å². The number of hydrogen-bond donors (Lipinski definition) is 5. The van der Waals surface area contributed by atoms with Gasteiger partial charge in [0.2, 0.25) is 5.91 Å². The minimum Gasteiger partial charge on any atom is -0.453 e. The summed E-state index contributed by atoms with van der Waals surface area (Å²) in [5.41, 5.74) is 5.11. The average molecular weight is 857 g/mol. The first kappa shape index (κ1) is 41.8. The number of ether oxygens (including phenoxy) is 1. The first-order valence-electron chi connectivity index (χ1n) is 21.6. The number of nitrogens with zero attached hydrogens (tertiary/aromatic N) is 4. The Bertz CT molecular complexity index is 2700. The molecule has 3 aliphatic rings. The molecule has 2 aromatic heterocycles. The van der Waals surface area contributed by atoms with E-state index < -0.39 is 29.7 Å². The molecule has 2 saturated heterocycles. The summed E-state index contributed by atoms with van der Waals surface area (Å²) < 4.78 is 4.82. The zero-order valence-corrected chi connectivity index (χ0v) is 35.3. The molecule has 6 aromatic rings. The van der Waals surface area contributed by atoms with Gasteiger partial charge >= 0.3 is 6.09 Å². The minimum atomic E-state index is -1.40. The zero-order valence-electron chi connectivity index (χ0n) is 35.3. The smallest absolute Gasteiger partial charge is 0.407 e. The van der Waals surface area contributed by atoms with Gasteiger partial charge in [0.25, 0.3) is 11.8 Å². The van der Waals surface area contributed by atoms with Gasteiger partial charge in [0.05, 0.1) is 43.0 Å². The number of nitrogens with one attached hydrogen (secondary N) is 4. The Balaban J connectivity index is 0.833. The fraction of sp³-hybridized carbons (Fsp3) is 0.280. The largest absolute Gasteiger partial charge is 0.453 e. The molecule has 9 rings (SSSR count). The molecule has 4 atom stereocenters. The normalized spacial score (nSPS) is 18.3. The van der Waals surface area contributed by atoms with E-state index in [-0.39, 0.29) is 23.9 Å². The number of aromatic amines is 2. The third kappa shape index (κ3) is 8.89. The molecule has 64 heavy (non-hydrogen) atoms. The monoisotopic (exact) mass is 856 g/mol. The quantitative estimate of drug-likeness (QED) is 0.0895. The maximum absolute atomic E-state index is 14.1. The van der Waals surface area contributed by atoms with Gasteiger partial charge in [-0.15, -0.1) is 0 Å². The number of carbonyl (C=O) groups excluding carboxylic acids is 4. The van der Waals surface area contributed by atoms with Gasteiger partial charge in [0.15, 0.2) is 0 Å². The van der Waals surface area contributed by atoms with Crippen molar-refractivity contribution in [2.45, 2.75) is 68.3 Å². The van der Waals surface area contributed by atoms with Gasteiger partial charge in [-0.3, -0.25) is 14.4 Å². The van der Waals surface area contributed by atoms with Gasteiger partial charge in [0, 0.05) is 24.2 Å². The highest BCUT2D eigenvalue weighted by Gasteiger charge is 2.49. The Morgan fingerprint density at radius 2 is 1.11 bits per heavy atom. The number of H-pyrrole nitrogens is 2. The Kier molecular flexibility index (Phi) is 11.8. The number of rotatable bonds is 11. The lowest BCUT2D eigenvalue weighted by molar-refractivity contribution is -0.140. The summed E-state index contributed by atoms with van der Waals surface area (Å²) >= 11 is 0. The Hall–Kier alpha value is -7.50. The molecule has 4 amide bonds. The first-order chi connectivity index (χ1) is 31.2. The van der Waals surface area contributed by atoms with Crippen LogP contribution in [0.1, 0.15) is 96.6 Å². The maximum Gasteiger partial charge on any atom is 0.407 e. The molecule has 0 bridgehead atoms. The van der Waals surface area contributed by atoms with Crippen LogP contribution in [-0.2, 0) is 19.1 Å². The van der Waals surface area contributed by atoms with Crippen molar-refractivity contribution >= 4 is 23.8 Å². The van der Waals surface area contributed by atoms with Gasteiger partial charge in [0.1, 0.15) is 29.3 Å². The predicted octanol–water partition coefficient (Wildman–Crippen LogP) is 6.67. The van der Waals surface area contributed by atoms with E-state index in [4.69, 9.17) is 9.72 Å². The summed E-state index contributed by atoms with van der Waals surface area (Å²) in [6, 6.07) is 31.7. The third-order valence-electron chi connectivity index (χ3n) is 12.3. The van der Waals surface area contributed by atoms with Crippen molar-refractivity contribution in [3.63, 3.8) is 0 Å². The van der Waals surface area contributed by atoms with Crippen molar-refractivity contribution < 1.29 is 29.0 Å². The molecule has 1 aliphatic carbocycles. The lowest BCUT2D eigenvalue weighted by Gasteiger charge is -2.29. The van der Waals surface area contributed by atoms with Crippen molar-refractivity contribution in [1.82, 2.24) is 40.4 Å². The number of hydrogen-bond acceptors (Lipinski definition) is 8. The summed E-state index contributed by atoms with van der Waals surface area (Å²) in [5.74, 6) is 6.89. The SMILES string of the molecule is COC(=O)N[C@@H](C(=O)N1CCC[C@H]1c1ncc(-c2ccc(C#Cc3ccc(-c4cnc([C@@H]5CCCN5C(=O)[C@H](NC(=O)C5(O)CC5)c5ccccc5)[nH]4)cc3)cc2)[nH]1)c1ccccc1. The molecule has 2 aliphatic heterocycles. The molecule has 0 radical (unpaired) electrons. The zero-order chi connectivity index (χ0) is 44.2. The van der Waals surface area contributed by atoms with E-state index in [0.29, 0.717) is 48.7 Å². The Morgan fingerprint density at radius 3 is 1.53 bits per heavy atom. The van der Waals surface area contributed by atoms with Crippen LogP contribution in [0.25, 0.3) is 22.5 Å². The van der Waals surface area contributed by atoms with Crippen LogP contribution < -0.4 is 10.6 Å². The summed E-state index contributed by atoms with van der Waals surface area (Å²) in [6.07, 6.45) is 6.72. The minimum absolute atomic E-state index is 0.222. The van der Waals surface area contributed by atoms with E-state index in [9.17, 15) is 24.3 Å². The van der Waals surface area contributed by atoms with Crippen LogP contribution in [0.2, 0.25) is 0 Å². The molecule has 4 heterocycles. The van der Waals surface area contributed by atoms with Crippen molar-refractivity contribution in [2.75, 3.05) is 20.2 Å². The van der Waals surface area contributed by atoms with Crippen LogP contribution in [-0.4, -0.2) is 84.5 Å². The second-order valence-corrected chi connectivity index (χ2v) is 16.5. The fourth-order valence-corrected chi connectivity index (χ4v) is 8.53. The van der Waals surface area contributed by atoms with Crippen LogP contribution >= 0.6 is 0 Å². The van der Waals surface area contributed by atoms with Crippen molar-refractivity contribution in [1.29, 1.82) is 0 Å². The van der Waals surface area contributed by atoms with Crippen molar-refractivity contribution in [3.8, 4) is 34.4 Å². The topological polar surface area (TPSA) is 186 Å². The van der Waals surface area contributed by atoms with Crippen molar-refractivity contribution in [3.05, 3.63) is 155 Å². The molecule has 14 nitrogen and oxygen atoms in total. The summed E-state index contributed by atoms with van der Waals surface area (Å²) in [4.78, 5) is 72.8. The average Bonchev–Trinajstić information content (AvgIpc) is 3.95. The van der Waals surface area contributed by atoms with Crippen LogP contribution in [0.15, 0.2) is 122 Å². The Labute approximate surface area is 370 Å². The van der Waals surface area contributed by atoms with Gasteiger partial charge in [-0.1, -0.05) is 96.8 Å². The molecule has 5 N–H and O–H groups in total. The molecule has 324 valence electrons. The van der Waals surface area contributed by atoms with E-state index in [1.54, 1.807) is 22.2 Å². The van der Waals surface area contributed by atoms with Crippen LogP contribution in [0.5, 0.6) is 0 Å². The third-order valence-corrected chi connectivity index (χ3v) is 12.3. The molecular formula is C50H48N8O6. The molecule has 1 saturated carbocycles. The molecule has 0 unspecified atom stereocenters. The highest BCUT2D eigenvalue weighted by Crippen LogP contribution is 2.38. The van der Waals surface area contributed by atoms with E-state index in [1.807, 2.05) is 109 Å². The number of carbonyl (C=O) groups is 4. The lowest BCUT2D eigenvalue weighted by atomic mass is 10.0. The Morgan fingerprint density at radius 1 is 0.672 bits per heavy atom. The highest BCUT2D eigenvalue weighted by atomic mass is 16.5. The number of aliphatic hydroxyl groups is 1. The second-order valence-electron chi connectivity index (χ2n) is 16.5. The molecular weight excluding hydrogens is 809 g/mol. The van der Waals surface area contributed by atoms with Crippen LogP contribution in [0.3, 0.4) is 0 Å².